The van der Waals surface area contributed by atoms with Crippen LogP contribution in [0.25, 0.3) is 0 Å². The maximum absolute atomic E-state index is 13.0. The maximum atomic E-state index is 13.0. The molecule has 1 N–H and O–H groups in total. The summed E-state index contributed by atoms with van der Waals surface area (Å²) in [4.78, 5) is 19.3. The minimum atomic E-state index is -0.203. The second-order valence-corrected chi connectivity index (χ2v) is 6.62. The molecule has 2 aromatic rings. The van der Waals surface area contributed by atoms with E-state index in [2.05, 4.69) is 10.3 Å². The zero-order valence-electron chi connectivity index (χ0n) is 13.8. The van der Waals surface area contributed by atoms with Crippen molar-refractivity contribution in [2.24, 2.45) is 5.92 Å². The first-order chi connectivity index (χ1) is 11.7. The Bertz CT molecular complexity index is 669. The molecular formula is C19H22ClN3O. The normalized spacial score (nSPS) is 16.6. The summed E-state index contributed by atoms with van der Waals surface area (Å²) in [5.41, 5.74) is 1.88. The number of rotatable bonds is 4. The topological polar surface area (TPSA) is 45.2 Å². The molecule has 1 fully saturated rings. The maximum Gasteiger partial charge on any atom is 0.226 e. The Morgan fingerprint density at radius 1 is 1.21 bits per heavy atom. The number of amides is 1. The van der Waals surface area contributed by atoms with E-state index in [1.807, 2.05) is 54.4 Å². The fourth-order valence-electron chi connectivity index (χ4n) is 3.26. The van der Waals surface area contributed by atoms with E-state index in [9.17, 15) is 4.79 Å². The first-order valence-corrected chi connectivity index (χ1v) is 8.68. The Hall–Kier alpha value is -1.91. The molecule has 0 spiro atoms. The molecule has 0 unspecified atom stereocenters. The molecule has 1 aromatic carbocycles. The molecule has 1 aliphatic rings. The lowest BCUT2D eigenvalue weighted by Gasteiger charge is -2.33. The van der Waals surface area contributed by atoms with Gasteiger partial charge in [0.2, 0.25) is 5.91 Å². The van der Waals surface area contributed by atoms with Crippen LogP contribution in [-0.4, -0.2) is 35.9 Å². The van der Waals surface area contributed by atoms with Gasteiger partial charge < -0.3 is 10.2 Å². The van der Waals surface area contributed by atoms with Gasteiger partial charge in [-0.15, -0.1) is 0 Å². The fraction of sp³-hybridized carbons (Fsp3) is 0.368. The zero-order valence-corrected chi connectivity index (χ0v) is 14.5. The Morgan fingerprint density at radius 2 is 1.92 bits per heavy atom. The van der Waals surface area contributed by atoms with Crippen LogP contribution in [0.3, 0.4) is 0 Å². The smallest absolute Gasteiger partial charge is 0.226 e. The van der Waals surface area contributed by atoms with Crippen LogP contribution >= 0.6 is 11.6 Å². The van der Waals surface area contributed by atoms with Crippen molar-refractivity contribution in [3.63, 3.8) is 0 Å². The van der Waals surface area contributed by atoms with Gasteiger partial charge in [-0.25, -0.2) is 0 Å². The quantitative estimate of drug-likeness (QED) is 0.926. The van der Waals surface area contributed by atoms with Gasteiger partial charge in [-0.05, 0) is 55.8 Å². The van der Waals surface area contributed by atoms with Crippen molar-refractivity contribution >= 4 is 17.5 Å². The first-order valence-electron chi connectivity index (χ1n) is 8.30. The molecule has 126 valence electrons. The molecule has 24 heavy (non-hydrogen) atoms. The Morgan fingerprint density at radius 3 is 2.54 bits per heavy atom. The number of hydrogen-bond donors (Lipinski definition) is 1. The van der Waals surface area contributed by atoms with E-state index in [0.29, 0.717) is 5.02 Å². The van der Waals surface area contributed by atoms with Crippen molar-refractivity contribution in [1.29, 1.82) is 0 Å². The molecule has 1 atom stereocenters. The lowest BCUT2D eigenvalue weighted by atomic mass is 9.94. The van der Waals surface area contributed by atoms with Crippen LogP contribution in [0.5, 0.6) is 0 Å². The minimum absolute atomic E-state index is 0.0785. The molecule has 4 nitrogen and oxygen atoms in total. The molecule has 1 amide bonds. The lowest BCUT2D eigenvalue weighted by molar-refractivity contribution is -0.136. The molecule has 1 aromatic heterocycles. The summed E-state index contributed by atoms with van der Waals surface area (Å²) in [7, 11) is 1.87. The molecule has 0 bridgehead atoms. The van der Waals surface area contributed by atoms with Crippen molar-refractivity contribution in [2.75, 3.05) is 20.1 Å². The highest BCUT2D eigenvalue weighted by molar-refractivity contribution is 6.30. The number of benzene rings is 1. The average molecular weight is 344 g/mol. The predicted molar refractivity (Wildman–Crippen MR) is 95.9 cm³/mol. The highest BCUT2D eigenvalue weighted by atomic mass is 35.5. The molecular weight excluding hydrogens is 322 g/mol. The van der Waals surface area contributed by atoms with Gasteiger partial charge >= 0.3 is 0 Å². The number of carbonyl (C=O) groups is 1. The summed E-state index contributed by atoms with van der Waals surface area (Å²) in [5, 5.41) is 4.00. The highest BCUT2D eigenvalue weighted by Crippen LogP contribution is 2.29. The largest absolute Gasteiger partial charge is 0.333 e. The summed E-state index contributed by atoms with van der Waals surface area (Å²) in [6, 6.07) is 13.2. The number of nitrogens with zero attached hydrogens (tertiary/aromatic N) is 2. The van der Waals surface area contributed by atoms with Crippen LogP contribution in [0.1, 0.15) is 30.1 Å². The lowest BCUT2D eigenvalue weighted by Crippen LogP contribution is -2.41. The third-order valence-electron chi connectivity index (χ3n) is 4.58. The standard InChI is InChI=1S/C19H22ClN3O/c1-23(19(24)15-9-12-21-13-10-15)18(17-4-2-3-11-22-17)14-5-7-16(20)8-6-14/h2-8,11,15,18,21H,9-10,12-13H2,1H3/t18-/m1/s1. The number of nitrogens with one attached hydrogen (secondary N) is 1. The van der Waals surface area contributed by atoms with Gasteiger partial charge in [0.15, 0.2) is 0 Å². The molecule has 0 aliphatic carbocycles. The summed E-state index contributed by atoms with van der Waals surface area (Å²) < 4.78 is 0. The van der Waals surface area contributed by atoms with Crippen LogP contribution in [0.2, 0.25) is 5.02 Å². The Kier molecular flexibility index (Phi) is 5.48. The molecule has 0 radical (unpaired) electrons. The molecule has 2 heterocycles. The second kappa shape index (κ2) is 7.77. The Labute approximate surface area is 147 Å². The van der Waals surface area contributed by atoms with E-state index in [-0.39, 0.29) is 17.9 Å². The third-order valence-corrected chi connectivity index (χ3v) is 4.83. The van der Waals surface area contributed by atoms with Gasteiger partial charge in [0.05, 0.1) is 11.7 Å². The summed E-state index contributed by atoms with van der Waals surface area (Å²) in [5.74, 6) is 0.261. The average Bonchev–Trinajstić information content (AvgIpc) is 2.64. The predicted octanol–water partition coefficient (Wildman–Crippen LogP) is 3.28. The van der Waals surface area contributed by atoms with E-state index in [4.69, 9.17) is 11.6 Å². The highest BCUT2D eigenvalue weighted by Gasteiger charge is 2.30. The second-order valence-electron chi connectivity index (χ2n) is 6.18. The number of hydrogen-bond acceptors (Lipinski definition) is 3. The number of aromatic nitrogens is 1. The third kappa shape index (κ3) is 3.77. The van der Waals surface area contributed by atoms with Gasteiger partial charge in [0.25, 0.3) is 0 Å². The molecule has 1 aliphatic heterocycles. The molecule has 5 heteroatoms. The monoisotopic (exact) mass is 343 g/mol. The van der Waals surface area contributed by atoms with Crippen molar-refractivity contribution < 1.29 is 4.79 Å². The van der Waals surface area contributed by atoms with Crippen molar-refractivity contribution in [2.45, 2.75) is 18.9 Å². The van der Waals surface area contributed by atoms with E-state index < -0.39 is 0 Å². The van der Waals surface area contributed by atoms with Gasteiger partial charge in [-0.1, -0.05) is 29.8 Å². The molecule has 0 saturated carbocycles. The summed E-state index contributed by atoms with van der Waals surface area (Å²) in [6.07, 6.45) is 3.54. The van der Waals surface area contributed by atoms with Crippen LogP contribution < -0.4 is 5.32 Å². The van der Waals surface area contributed by atoms with Crippen LogP contribution in [0.4, 0.5) is 0 Å². The number of halogens is 1. The van der Waals surface area contributed by atoms with Gasteiger partial charge in [-0.3, -0.25) is 9.78 Å². The molecule has 3 rings (SSSR count). The van der Waals surface area contributed by atoms with Crippen LogP contribution in [0, 0.1) is 5.92 Å². The zero-order chi connectivity index (χ0) is 16.9. The van der Waals surface area contributed by atoms with E-state index >= 15 is 0 Å². The molecule has 1 saturated heterocycles. The van der Waals surface area contributed by atoms with Crippen molar-refractivity contribution in [3.05, 3.63) is 64.9 Å². The van der Waals surface area contributed by atoms with Crippen molar-refractivity contribution in [3.8, 4) is 0 Å². The SMILES string of the molecule is CN(C(=O)C1CCNCC1)[C@H](c1ccc(Cl)cc1)c1ccccn1. The van der Waals surface area contributed by atoms with Gasteiger partial charge in [0, 0.05) is 24.2 Å². The summed E-state index contributed by atoms with van der Waals surface area (Å²) >= 11 is 6.02. The van der Waals surface area contributed by atoms with Crippen LogP contribution in [-0.2, 0) is 4.79 Å². The van der Waals surface area contributed by atoms with Gasteiger partial charge in [-0.2, -0.15) is 0 Å². The minimum Gasteiger partial charge on any atom is -0.333 e. The van der Waals surface area contributed by atoms with Crippen molar-refractivity contribution in [1.82, 2.24) is 15.2 Å². The summed E-state index contributed by atoms with van der Waals surface area (Å²) in [6.45, 7) is 1.80. The van der Waals surface area contributed by atoms with E-state index in [1.165, 1.54) is 0 Å². The number of piperidine rings is 1. The van der Waals surface area contributed by atoms with E-state index in [0.717, 1.165) is 37.2 Å². The van der Waals surface area contributed by atoms with Crippen LogP contribution in [0.15, 0.2) is 48.7 Å². The number of pyridine rings is 1. The first kappa shape index (κ1) is 16.9. The van der Waals surface area contributed by atoms with Gasteiger partial charge in [0.1, 0.15) is 0 Å². The fourth-order valence-corrected chi connectivity index (χ4v) is 3.39. The van der Waals surface area contributed by atoms with E-state index in [1.54, 1.807) is 6.20 Å². The number of carbonyl (C=O) groups excluding carboxylic acids is 1. The Balaban J connectivity index is 1.91.